The van der Waals surface area contributed by atoms with E-state index in [2.05, 4.69) is 20.2 Å². The first-order valence-corrected chi connectivity index (χ1v) is 8.51. The molecule has 4 aromatic heterocycles. The molecule has 0 aliphatic rings. The monoisotopic (exact) mass is 421 g/mol. The standard InChI is InChI=1S/C8H7ClN4O.C8H6ClN3O2/c1-4-7(8(10)14)13-6(11-4)3-2-5(9)12-13;1-4-7(8(13)14)12-6(10-4)3-2-5(9)11-12/h2-3H,1H3,(H2,10,14);2-3H,1H3,(H,13,14). The number of hydrogen-bond donors (Lipinski definition) is 2. The van der Waals surface area contributed by atoms with Gasteiger partial charge in [-0.15, -0.1) is 0 Å². The van der Waals surface area contributed by atoms with Gasteiger partial charge in [0.2, 0.25) is 0 Å². The van der Waals surface area contributed by atoms with Crippen LogP contribution in [0.15, 0.2) is 24.3 Å². The lowest BCUT2D eigenvalue weighted by Crippen LogP contribution is -2.16. The quantitative estimate of drug-likeness (QED) is 0.504. The summed E-state index contributed by atoms with van der Waals surface area (Å²) in [4.78, 5) is 30.1. The highest BCUT2D eigenvalue weighted by atomic mass is 35.5. The van der Waals surface area contributed by atoms with E-state index in [1.54, 1.807) is 38.1 Å². The number of carbonyl (C=O) groups is 2. The van der Waals surface area contributed by atoms with Crippen LogP contribution in [0.1, 0.15) is 32.4 Å². The third-order valence-electron chi connectivity index (χ3n) is 3.67. The minimum absolute atomic E-state index is 0.0440. The van der Waals surface area contributed by atoms with Gasteiger partial charge in [0, 0.05) is 0 Å². The average molecular weight is 422 g/mol. The first-order chi connectivity index (χ1) is 13.2. The fourth-order valence-corrected chi connectivity index (χ4v) is 2.85. The summed E-state index contributed by atoms with van der Waals surface area (Å²) in [6.07, 6.45) is 0. The van der Waals surface area contributed by atoms with Crippen molar-refractivity contribution in [1.29, 1.82) is 0 Å². The van der Waals surface area contributed by atoms with Crippen LogP contribution < -0.4 is 5.73 Å². The minimum atomic E-state index is -1.07. The molecular formula is C16H13Cl2N7O3. The highest BCUT2D eigenvalue weighted by Gasteiger charge is 2.16. The lowest BCUT2D eigenvalue weighted by molar-refractivity contribution is 0.0686. The molecule has 4 aromatic rings. The number of amides is 1. The Bertz CT molecular complexity index is 1140. The van der Waals surface area contributed by atoms with Crippen LogP contribution in [0.5, 0.6) is 0 Å². The van der Waals surface area contributed by atoms with E-state index in [0.29, 0.717) is 22.7 Å². The van der Waals surface area contributed by atoms with Gasteiger partial charge in [0.15, 0.2) is 22.7 Å². The Morgan fingerprint density at radius 2 is 1.32 bits per heavy atom. The van der Waals surface area contributed by atoms with E-state index in [1.807, 2.05) is 0 Å². The SMILES string of the molecule is Cc1nc2ccc(Cl)nn2c1C(=O)O.Cc1nc2ccc(Cl)nn2c1C(N)=O. The first-order valence-electron chi connectivity index (χ1n) is 7.76. The summed E-state index contributed by atoms with van der Waals surface area (Å²) in [6.45, 7) is 3.31. The number of aryl methyl sites for hydroxylation is 2. The Morgan fingerprint density at radius 3 is 1.75 bits per heavy atom. The topological polar surface area (TPSA) is 141 Å². The lowest BCUT2D eigenvalue weighted by atomic mass is 10.3. The summed E-state index contributed by atoms with van der Waals surface area (Å²) >= 11 is 11.3. The normalized spacial score (nSPS) is 10.7. The van der Waals surface area contributed by atoms with Crippen LogP contribution in [0.25, 0.3) is 11.3 Å². The van der Waals surface area contributed by atoms with Gasteiger partial charge < -0.3 is 10.8 Å². The van der Waals surface area contributed by atoms with E-state index in [4.69, 9.17) is 34.0 Å². The average Bonchev–Trinajstić information content (AvgIpc) is 3.09. The molecule has 0 saturated carbocycles. The van der Waals surface area contributed by atoms with Crippen LogP contribution in [0, 0.1) is 13.8 Å². The maximum absolute atomic E-state index is 11.1. The lowest BCUT2D eigenvalue weighted by Gasteiger charge is -1.96. The first kappa shape index (κ1) is 19.5. The van der Waals surface area contributed by atoms with Crippen molar-refractivity contribution in [3.63, 3.8) is 0 Å². The number of rotatable bonds is 2. The molecule has 10 nitrogen and oxygen atoms in total. The summed E-state index contributed by atoms with van der Waals surface area (Å²) in [6, 6.07) is 6.46. The summed E-state index contributed by atoms with van der Waals surface area (Å²) in [5.41, 5.74) is 7.51. The van der Waals surface area contributed by atoms with Crippen molar-refractivity contribution in [3.05, 3.63) is 57.3 Å². The van der Waals surface area contributed by atoms with E-state index in [1.165, 1.54) is 9.03 Å². The number of carboxylic acids is 1. The van der Waals surface area contributed by atoms with Gasteiger partial charge >= 0.3 is 5.97 Å². The number of nitrogens with two attached hydrogens (primary N) is 1. The zero-order valence-electron chi connectivity index (χ0n) is 14.6. The van der Waals surface area contributed by atoms with Crippen LogP contribution in [-0.2, 0) is 0 Å². The molecule has 4 rings (SSSR count). The number of aromatic carboxylic acids is 1. The number of carbonyl (C=O) groups excluding carboxylic acids is 1. The summed E-state index contributed by atoms with van der Waals surface area (Å²) < 4.78 is 2.57. The van der Waals surface area contributed by atoms with Crippen LogP contribution in [0.4, 0.5) is 0 Å². The van der Waals surface area contributed by atoms with Gasteiger partial charge in [0.1, 0.15) is 10.3 Å². The van der Waals surface area contributed by atoms with Crippen LogP contribution in [-0.4, -0.2) is 46.2 Å². The van der Waals surface area contributed by atoms with Crippen molar-refractivity contribution in [2.24, 2.45) is 5.73 Å². The molecule has 0 aliphatic carbocycles. The van der Waals surface area contributed by atoms with Crippen molar-refractivity contribution in [3.8, 4) is 0 Å². The van der Waals surface area contributed by atoms with Gasteiger partial charge in [0.25, 0.3) is 5.91 Å². The largest absolute Gasteiger partial charge is 0.476 e. The molecular weight excluding hydrogens is 409 g/mol. The highest BCUT2D eigenvalue weighted by molar-refractivity contribution is 6.29. The predicted octanol–water partition coefficient (Wildman–Crippen LogP) is 2.18. The van der Waals surface area contributed by atoms with Gasteiger partial charge in [0.05, 0.1) is 11.4 Å². The number of hydrogen-bond acceptors (Lipinski definition) is 6. The van der Waals surface area contributed by atoms with Crippen molar-refractivity contribution >= 4 is 46.4 Å². The predicted molar refractivity (Wildman–Crippen MR) is 101 cm³/mol. The highest BCUT2D eigenvalue weighted by Crippen LogP contribution is 2.13. The van der Waals surface area contributed by atoms with E-state index >= 15 is 0 Å². The fraction of sp³-hybridized carbons (Fsp3) is 0.125. The second-order valence-electron chi connectivity index (χ2n) is 5.61. The number of imidazole rings is 2. The second kappa shape index (κ2) is 7.41. The maximum atomic E-state index is 11.1. The van der Waals surface area contributed by atoms with Crippen LogP contribution in [0.2, 0.25) is 10.3 Å². The third kappa shape index (κ3) is 3.59. The van der Waals surface area contributed by atoms with E-state index in [-0.39, 0.29) is 21.7 Å². The molecule has 4 heterocycles. The van der Waals surface area contributed by atoms with E-state index in [0.717, 1.165) is 0 Å². The summed E-state index contributed by atoms with van der Waals surface area (Å²) in [5, 5.41) is 17.2. The molecule has 0 aromatic carbocycles. The van der Waals surface area contributed by atoms with Gasteiger partial charge in [-0.05, 0) is 38.1 Å². The van der Waals surface area contributed by atoms with Crippen LogP contribution >= 0.6 is 23.2 Å². The zero-order valence-corrected chi connectivity index (χ0v) is 16.1. The zero-order chi connectivity index (χ0) is 20.6. The van der Waals surface area contributed by atoms with E-state index < -0.39 is 11.9 Å². The number of nitrogens with zero attached hydrogens (tertiary/aromatic N) is 6. The van der Waals surface area contributed by atoms with Crippen molar-refractivity contribution in [2.75, 3.05) is 0 Å². The van der Waals surface area contributed by atoms with Gasteiger partial charge in [-0.2, -0.15) is 10.2 Å². The summed E-state index contributed by atoms with van der Waals surface area (Å²) in [7, 11) is 0. The molecule has 0 atom stereocenters. The molecule has 0 spiro atoms. The Morgan fingerprint density at radius 1 is 0.893 bits per heavy atom. The van der Waals surface area contributed by atoms with Crippen molar-refractivity contribution in [2.45, 2.75) is 13.8 Å². The van der Waals surface area contributed by atoms with Gasteiger partial charge in [-0.25, -0.2) is 23.8 Å². The molecule has 3 N–H and O–H groups in total. The Labute approximate surface area is 167 Å². The Balaban J connectivity index is 0.000000161. The molecule has 0 bridgehead atoms. The Hall–Kier alpha value is -3.24. The van der Waals surface area contributed by atoms with E-state index in [9.17, 15) is 9.59 Å². The third-order valence-corrected chi connectivity index (χ3v) is 4.08. The molecule has 144 valence electrons. The molecule has 1 amide bonds. The number of aromatic nitrogens is 6. The number of halogens is 2. The number of fused-ring (bicyclic) bond motifs is 2. The van der Waals surface area contributed by atoms with Crippen LogP contribution in [0.3, 0.4) is 0 Å². The molecule has 0 fully saturated rings. The number of carboxylic acid groups (broad SMARTS) is 1. The maximum Gasteiger partial charge on any atom is 0.356 e. The molecule has 0 radical (unpaired) electrons. The Kier molecular flexibility index (Phi) is 5.16. The molecule has 0 unspecified atom stereocenters. The number of primary amides is 1. The van der Waals surface area contributed by atoms with Gasteiger partial charge in [-0.1, -0.05) is 23.2 Å². The minimum Gasteiger partial charge on any atom is -0.476 e. The molecule has 12 heteroatoms. The van der Waals surface area contributed by atoms with Crippen molar-refractivity contribution < 1.29 is 14.7 Å². The molecule has 0 aliphatic heterocycles. The fourth-order valence-electron chi connectivity index (χ4n) is 2.57. The van der Waals surface area contributed by atoms with Gasteiger partial charge in [-0.3, -0.25) is 4.79 Å². The summed E-state index contributed by atoms with van der Waals surface area (Å²) in [5.74, 6) is -1.63. The smallest absolute Gasteiger partial charge is 0.356 e. The molecule has 0 saturated heterocycles. The second-order valence-corrected chi connectivity index (χ2v) is 6.39. The molecule has 28 heavy (non-hydrogen) atoms. The van der Waals surface area contributed by atoms with Crippen molar-refractivity contribution in [1.82, 2.24) is 29.2 Å².